The molecule has 28 heavy (non-hydrogen) atoms. The largest absolute Gasteiger partial charge is 1.00 e. The number of hydrogen-bond donors (Lipinski definition) is 2. The van der Waals surface area contributed by atoms with Crippen LogP contribution < -0.4 is 22.1 Å². The summed E-state index contributed by atoms with van der Waals surface area (Å²) in [4.78, 5) is 6.83. The number of nitrogens with one attached hydrogen (secondary N) is 2. The molecule has 5 rings (SSSR count). The number of para-hydroxylation sites is 2. The highest BCUT2D eigenvalue weighted by molar-refractivity contribution is 6.24. The molecule has 0 bridgehead atoms. The van der Waals surface area contributed by atoms with E-state index in [1.807, 2.05) is 12.1 Å². The van der Waals surface area contributed by atoms with Crippen molar-refractivity contribution >= 4 is 34.0 Å². The van der Waals surface area contributed by atoms with E-state index >= 15 is 0 Å². The van der Waals surface area contributed by atoms with E-state index in [4.69, 9.17) is 4.74 Å². The minimum atomic E-state index is 0. The number of ether oxygens (including phenoxy) is 1. The SMILES string of the molecule is COc1cccc(/C(=C2/C=[NH+]c3ccccc32)c2c[nH]c3ccccc23)c1.[Cl-]. The molecule has 2 N–H and O–H groups in total. The molecule has 0 saturated heterocycles. The molecule has 0 fully saturated rings. The first-order valence-corrected chi connectivity index (χ1v) is 8.99. The van der Waals surface area contributed by atoms with Gasteiger partial charge in [-0.3, -0.25) is 0 Å². The average Bonchev–Trinajstić information content (AvgIpc) is 3.34. The number of hydrogen-bond acceptors (Lipinski definition) is 1. The number of fused-ring (bicyclic) bond motifs is 2. The van der Waals surface area contributed by atoms with Gasteiger partial charge in [0.1, 0.15) is 5.75 Å². The third kappa shape index (κ3) is 2.90. The average molecular weight is 387 g/mol. The molecule has 0 saturated carbocycles. The molecule has 3 nitrogen and oxygen atoms in total. The van der Waals surface area contributed by atoms with Gasteiger partial charge in [0.05, 0.1) is 18.2 Å². The maximum absolute atomic E-state index is 5.49. The van der Waals surface area contributed by atoms with Crippen molar-refractivity contribution in [1.29, 1.82) is 0 Å². The van der Waals surface area contributed by atoms with Crippen molar-refractivity contribution in [3.05, 3.63) is 95.7 Å². The predicted octanol–water partition coefficient (Wildman–Crippen LogP) is 0.936. The van der Waals surface area contributed by atoms with Gasteiger partial charge in [-0.1, -0.05) is 42.5 Å². The number of H-pyrrole nitrogens is 1. The van der Waals surface area contributed by atoms with Crippen molar-refractivity contribution in [2.24, 2.45) is 0 Å². The standard InChI is InChI=1S/C24H18N2O.ClH/c1-27-17-8-6-7-16(13-17)24(20-14-25-22-11-4-2-9-18(20)22)21-15-26-23-12-5-3-10-19(21)23;/h2-15,25H,1H3;1H/b24-21+;. The van der Waals surface area contributed by atoms with Crippen molar-refractivity contribution in [2.75, 3.05) is 7.11 Å². The highest BCUT2D eigenvalue weighted by Gasteiger charge is 2.24. The fourth-order valence-corrected chi connectivity index (χ4v) is 3.79. The summed E-state index contributed by atoms with van der Waals surface area (Å²) < 4.78 is 5.49. The van der Waals surface area contributed by atoms with Crippen LogP contribution in [0.1, 0.15) is 16.7 Å². The summed E-state index contributed by atoms with van der Waals surface area (Å²) in [5.41, 5.74) is 8.15. The Hall–Kier alpha value is -3.30. The molecule has 0 atom stereocenters. The van der Waals surface area contributed by atoms with Crippen LogP contribution in [0.25, 0.3) is 22.0 Å². The van der Waals surface area contributed by atoms with Crippen LogP contribution in [0.4, 0.5) is 5.69 Å². The van der Waals surface area contributed by atoms with E-state index in [9.17, 15) is 0 Å². The Kier molecular flexibility index (Phi) is 4.76. The third-order valence-corrected chi connectivity index (χ3v) is 5.08. The first-order valence-electron chi connectivity index (χ1n) is 8.99. The summed E-state index contributed by atoms with van der Waals surface area (Å²) in [6.45, 7) is 0. The van der Waals surface area contributed by atoms with E-state index < -0.39 is 0 Å². The first-order chi connectivity index (χ1) is 13.3. The lowest BCUT2D eigenvalue weighted by molar-refractivity contribution is -0.342. The molecule has 0 unspecified atom stereocenters. The molecule has 0 aliphatic carbocycles. The lowest BCUT2D eigenvalue weighted by Crippen LogP contribution is -3.00. The number of aromatic amines is 1. The molecule has 3 aromatic carbocycles. The second-order valence-corrected chi connectivity index (χ2v) is 6.60. The van der Waals surface area contributed by atoms with E-state index in [0.29, 0.717) is 0 Å². The van der Waals surface area contributed by atoms with Gasteiger partial charge < -0.3 is 22.1 Å². The van der Waals surface area contributed by atoms with Gasteiger partial charge >= 0.3 is 0 Å². The molecule has 138 valence electrons. The quantitative estimate of drug-likeness (QED) is 0.540. The highest BCUT2D eigenvalue weighted by atomic mass is 35.5. The second-order valence-electron chi connectivity index (χ2n) is 6.60. The van der Waals surface area contributed by atoms with E-state index in [2.05, 4.69) is 83.1 Å². The zero-order valence-corrected chi connectivity index (χ0v) is 16.1. The van der Waals surface area contributed by atoms with E-state index in [1.54, 1.807) is 7.11 Å². The number of allylic oxidation sites excluding steroid dienone is 1. The van der Waals surface area contributed by atoms with Gasteiger partial charge in [0, 0.05) is 34.3 Å². The van der Waals surface area contributed by atoms with Gasteiger partial charge in [-0.15, -0.1) is 0 Å². The van der Waals surface area contributed by atoms with Gasteiger partial charge in [-0.2, -0.15) is 0 Å². The molecule has 4 aromatic rings. The minimum Gasteiger partial charge on any atom is -1.00 e. The number of benzene rings is 3. The maximum atomic E-state index is 5.49. The zero-order valence-electron chi connectivity index (χ0n) is 15.4. The molecule has 1 aliphatic heterocycles. The zero-order chi connectivity index (χ0) is 18.2. The van der Waals surface area contributed by atoms with Crippen LogP contribution in [0.15, 0.2) is 79.0 Å². The molecule has 1 aliphatic rings. The molecule has 2 heterocycles. The molecule has 0 radical (unpaired) electrons. The van der Waals surface area contributed by atoms with E-state index in [-0.39, 0.29) is 12.4 Å². The van der Waals surface area contributed by atoms with Crippen molar-refractivity contribution in [3.63, 3.8) is 0 Å². The fraction of sp³-hybridized carbons (Fsp3) is 0.0417. The topological polar surface area (TPSA) is 39.0 Å². The maximum Gasteiger partial charge on any atom is 0.211 e. The number of rotatable bonds is 3. The molecule has 4 heteroatoms. The Morgan fingerprint density at radius 3 is 2.64 bits per heavy atom. The van der Waals surface area contributed by atoms with Crippen LogP contribution in [0.3, 0.4) is 0 Å². The Morgan fingerprint density at radius 1 is 0.929 bits per heavy atom. The van der Waals surface area contributed by atoms with Gasteiger partial charge in [-0.05, 0) is 29.8 Å². The predicted molar refractivity (Wildman–Crippen MR) is 110 cm³/mol. The van der Waals surface area contributed by atoms with Crippen LogP contribution in [0.2, 0.25) is 0 Å². The van der Waals surface area contributed by atoms with Crippen LogP contribution in [0, 0.1) is 0 Å². The van der Waals surface area contributed by atoms with Crippen LogP contribution in [0.5, 0.6) is 5.75 Å². The van der Waals surface area contributed by atoms with Crippen molar-refractivity contribution in [2.45, 2.75) is 0 Å². The summed E-state index contributed by atoms with van der Waals surface area (Å²) in [6.07, 6.45) is 4.20. The van der Waals surface area contributed by atoms with Crippen molar-refractivity contribution < 1.29 is 22.1 Å². The lowest BCUT2D eigenvalue weighted by Gasteiger charge is -2.11. The van der Waals surface area contributed by atoms with Crippen molar-refractivity contribution in [1.82, 2.24) is 4.98 Å². The van der Waals surface area contributed by atoms with Gasteiger partial charge in [-0.25, -0.2) is 4.99 Å². The van der Waals surface area contributed by atoms with Gasteiger partial charge in [0.15, 0.2) is 6.21 Å². The number of methoxy groups -OCH3 is 1. The molecular weight excluding hydrogens is 368 g/mol. The Balaban J connectivity index is 0.00000192. The molecule has 1 aromatic heterocycles. The van der Waals surface area contributed by atoms with Gasteiger partial charge in [0.2, 0.25) is 5.69 Å². The Labute approximate surface area is 169 Å². The molecule has 0 amide bonds. The lowest BCUT2D eigenvalue weighted by atomic mass is 9.90. The third-order valence-electron chi connectivity index (χ3n) is 5.08. The molecular formula is C24H19ClN2O. The monoisotopic (exact) mass is 386 g/mol. The smallest absolute Gasteiger partial charge is 0.211 e. The van der Waals surface area contributed by atoms with Crippen molar-refractivity contribution in [3.8, 4) is 5.75 Å². The number of halogens is 1. The summed E-state index contributed by atoms with van der Waals surface area (Å²) in [5, 5.41) is 1.21. The van der Waals surface area contributed by atoms with Crippen LogP contribution >= 0.6 is 0 Å². The number of aromatic nitrogens is 1. The summed E-state index contributed by atoms with van der Waals surface area (Å²) in [5.74, 6) is 0.852. The van der Waals surface area contributed by atoms with Crippen LogP contribution in [-0.4, -0.2) is 18.3 Å². The van der Waals surface area contributed by atoms with Gasteiger partial charge in [0.25, 0.3) is 0 Å². The summed E-state index contributed by atoms with van der Waals surface area (Å²) in [7, 11) is 1.70. The summed E-state index contributed by atoms with van der Waals surface area (Å²) >= 11 is 0. The fourth-order valence-electron chi connectivity index (χ4n) is 3.79. The van der Waals surface area contributed by atoms with E-state index in [0.717, 1.165) is 22.5 Å². The Bertz CT molecular complexity index is 1220. The summed E-state index contributed by atoms with van der Waals surface area (Å²) in [6, 6.07) is 25.1. The van der Waals surface area contributed by atoms with Crippen LogP contribution in [-0.2, 0) is 0 Å². The highest BCUT2D eigenvalue weighted by Crippen LogP contribution is 2.38. The van der Waals surface area contributed by atoms with E-state index in [1.165, 1.54) is 27.7 Å². The Morgan fingerprint density at radius 2 is 1.75 bits per heavy atom. The second kappa shape index (κ2) is 7.37. The molecule has 0 spiro atoms. The minimum absolute atomic E-state index is 0. The first kappa shape index (κ1) is 18.1. The normalized spacial score (nSPS) is 13.9.